The number of aromatic hydroxyl groups is 2. The second kappa shape index (κ2) is 6.88. The van der Waals surface area contributed by atoms with Crippen LogP contribution in [0.4, 0.5) is 0 Å². The zero-order valence-corrected chi connectivity index (χ0v) is 14.5. The Morgan fingerprint density at radius 1 is 1.12 bits per heavy atom. The number of benzene rings is 1. The Bertz CT molecular complexity index is 782. The number of phenols is 2. The van der Waals surface area contributed by atoms with Gasteiger partial charge in [0.05, 0.1) is 0 Å². The molecule has 2 aromatic rings. The van der Waals surface area contributed by atoms with E-state index in [1.54, 1.807) is 0 Å². The monoisotopic (exact) mass is 330 g/mol. The summed E-state index contributed by atoms with van der Waals surface area (Å²) in [5.41, 5.74) is 0.771. The first-order chi connectivity index (χ1) is 11.5. The fraction of sp³-hybridized carbons (Fsp3) is 0.550. The zero-order chi connectivity index (χ0) is 17.3. The van der Waals surface area contributed by atoms with E-state index in [0.29, 0.717) is 29.2 Å². The first-order valence-electron chi connectivity index (χ1n) is 8.99. The summed E-state index contributed by atoms with van der Waals surface area (Å²) < 4.78 is 6.09. The Morgan fingerprint density at radius 3 is 2.50 bits per heavy atom. The second-order valence-electron chi connectivity index (χ2n) is 7.38. The molecule has 0 spiro atoms. The molecule has 1 aromatic heterocycles. The summed E-state index contributed by atoms with van der Waals surface area (Å²) in [7, 11) is 0. The molecule has 0 bridgehead atoms. The molecule has 0 unspecified atom stereocenters. The molecular formula is C20H26O4. The van der Waals surface area contributed by atoms with Gasteiger partial charge >= 0.3 is 0 Å². The van der Waals surface area contributed by atoms with E-state index >= 15 is 0 Å². The standard InChI is InChI=1S/C20H26O4/c1-12(2)8-9-14-15(21)10-16(22)19-17(23)11-18(24-20(14)19)13-6-4-3-5-7-13/h10-13,21-22H,3-9H2,1-2H3. The normalized spacial score (nSPS) is 16.1. The SMILES string of the molecule is CC(C)CCc1c(O)cc(O)c2c(=O)cc(C3CCCCC3)oc12. The Morgan fingerprint density at radius 2 is 1.83 bits per heavy atom. The van der Waals surface area contributed by atoms with Crippen molar-refractivity contribution in [2.75, 3.05) is 0 Å². The highest BCUT2D eigenvalue weighted by Gasteiger charge is 2.22. The van der Waals surface area contributed by atoms with Gasteiger partial charge in [0.1, 0.15) is 28.2 Å². The molecule has 4 heteroatoms. The minimum atomic E-state index is -0.222. The van der Waals surface area contributed by atoms with Gasteiger partial charge in [-0.15, -0.1) is 0 Å². The third kappa shape index (κ3) is 3.28. The predicted octanol–water partition coefficient (Wildman–Crippen LogP) is 4.84. The van der Waals surface area contributed by atoms with E-state index in [2.05, 4.69) is 13.8 Å². The summed E-state index contributed by atoms with van der Waals surface area (Å²) in [6.07, 6.45) is 7.09. The molecule has 130 valence electrons. The number of hydrogen-bond acceptors (Lipinski definition) is 4. The van der Waals surface area contributed by atoms with Gasteiger partial charge in [0.25, 0.3) is 0 Å². The van der Waals surface area contributed by atoms with Crippen molar-refractivity contribution in [1.29, 1.82) is 0 Å². The largest absolute Gasteiger partial charge is 0.507 e. The first-order valence-corrected chi connectivity index (χ1v) is 8.99. The quantitative estimate of drug-likeness (QED) is 0.841. The van der Waals surface area contributed by atoms with Crippen molar-refractivity contribution >= 4 is 11.0 Å². The molecule has 1 aromatic carbocycles. The van der Waals surface area contributed by atoms with Gasteiger partial charge in [-0.1, -0.05) is 33.1 Å². The maximum Gasteiger partial charge on any atom is 0.196 e. The highest BCUT2D eigenvalue weighted by Crippen LogP contribution is 2.38. The van der Waals surface area contributed by atoms with Crippen LogP contribution < -0.4 is 5.43 Å². The summed E-state index contributed by atoms with van der Waals surface area (Å²) in [4.78, 5) is 12.6. The van der Waals surface area contributed by atoms with E-state index in [0.717, 1.165) is 32.1 Å². The van der Waals surface area contributed by atoms with E-state index in [4.69, 9.17) is 4.42 Å². The van der Waals surface area contributed by atoms with Crippen LogP contribution in [-0.2, 0) is 6.42 Å². The van der Waals surface area contributed by atoms with Crippen LogP contribution >= 0.6 is 0 Å². The highest BCUT2D eigenvalue weighted by molar-refractivity contribution is 5.88. The number of fused-ring (bicyclic) bond motifs is 1. The lowest BCUT2D eigenvalue weighted by Crippen LogP contribution is -2.10. The maximum atomic E-state index is 12.6. The summed E-state index contributed by atoms with van der Waals surface area (Å²) in [5.74, 6) is 1.23. The van der Waals surface area contributed by atoms with Crippen LogP contribution in [0.5, 0.6) is 11.5 Å². The lowest BCUT2D eigenvalue weighted by Gasteiger charge is -2.21. The predicted molar refractivity (Wildman–Crippen MR) is 94.8 cm³/mol. The summed E-state index contributed by atoms with van der Waals surface area (Å²) >= 11 is 0. The van der Waals surface area contributed by atoms with Crippen molar-refractivity contribution in [3.05, 3.63) is 33.7 Å². The molecule has 0 aliphatic heterocycles. The maximum absolute atomic E-state index is 12.6. The van der Waals surface area contributed by atoms with Crippen molar-refractivity contribution in [3.8, 4) is 11.5 Å². The number of hydrogen-bond donors (Lipinski definition) is 2. The summed E-state index contributed by atoms with van der Waals surface area (Å²) in [5, 5.41) is 20.6. The third-order valence-electron chi connectivity index (χ3n) is 5.06. The van der Waals surface area contributed by atoms with Gasteiger partial charge in [-0.2, -0.15) is 0 Å². The molecule has 1 saturated carbocycles. The molecule has 0 atom stereocenters. The summed E-state index contributed by atoms with van der Waals surface area (Å²) in [6.45, 7) is 4.23. The summed E-state index contributed by atoms with van der Waals surface area (Å²) in [6, 6.07) is 2.79. The smallest absolute Gasteiger partial charge is 0.196 e. The fourth-order valence-electron chi connectivity index (χ4n) is 3.63. The van der Waals surface area contributed by atoms with Crippen LogP contribution in [0.25, 0.3) is 11.0 Å². The van der Waals surface area contributed by atoms with Gasteiger partial charge in [0.15, 0.2) is 5.43 Å². The molecule has 3 rings (SSSR count). The van der Waals surface area contributed by atoms with Crippen molar-refractivity contribution in [1.82, 2.24) is 0 Å². The molecule has 1 heterocycles. The second-order valence-corrected chi connectivity index (χ2v) is 7.38. The topological polar surface area (TPSA) is 70.7 Å². The number of aryl methyl sites for hydroxylation is 1. The third-order valence-corrected chi connectivity index (χ3v) is 5.06. The van der Waals surface area contributed by atoms with Gasteiger partial charge in [-0.05, 0) is 31.6 Å². The van der Waals surface area contributed by atoms with Gasteiger partial charge in [-0.25, -0.2) is 0 Å². The molecular weight excluding hydrogens is 304 g/mol. The van der Waals surface area contributed by atoms with Crippen LogP contribution in [0.15, 0.2) is 21.3 Å². The fourth-order valence-corrected chi connectivity index (χ4v) is 3.63. The van der Waals surface area contributed by atoms with E-state index < -0.39 is 0 Å². The Balaban J connectivity index is 2.14. The number of rotatable bonds is 4. The van der Waals surface area contributed by atoms with Crippen LogP contribution in [0, 0.1) is 5.92 Å². The number of phenolic OH excluding ortho intramolecular Hbond substituents is 2. The Hall–Kier alpha value is -1.97. The van der Waals surface area contributed by atoms with E-state index in [-0.39, 0.29) is 28.2 Å². The van der Waals surface area contributed by atoms with Crippen LogP contribution in [0.1, 0.15) is 69.6 Å². The average molecular weight is 330 g/mol. The van der Waals surface area contributed by atoms with Crippen molar-refractivity contribution in [2.24, 2.45) is 5.92 Å². The van der Waals surface area contributed by atoms with Crippen LogP contribution in [0.2, 0.25) is 0 Å². The average Bonchev–Trinajstić information content (AvgIpc) is 2.54. The Kier molecular flexibility index (Phi) is 4.83. The molecule has 1 aliphatic rings. The van der Waals surface area contributed by atoms with Crippen LogP contribution in [0.3, 0.4) is 0 Å². The van der Waals surface area contributed by atoms with Crippen molar-refractivity contribution < 1.29 is 14.6 Å². The van der Waals surface area contributed by atoms with Crippen molar-refractivity contribution in [3.63, 3.8) is 0 Å². The molecule has 4 nitrogen and oxygen atoms in total. The van der Waals surface area contributed by atoms with Crippen LogP contribution in [-0.4, -0.2) is 10.2 Å². The van der Waals surface area contributed by atoms with Crippen molar-refractivity contribution in [2.45, 2.75) is 64.7 Å². The molecule has 1 fully saturated rings. The molecule has 0 saturated heterocycles. The minimum absolute atomic E-state index is 0.00425. The molecule has 0 radical (unpaired) electrons. The molecule has 0 amide bonds. The van der Waals surface area contributed by atoms with Gasteiger partial charge < -0.3 is 14.6 Å². The lowest BCUT2D eigenvalue weighted by atomic mass is 9.87. The zero-order valence-electron chi connectivity index (χ0n) is 14.5. The molecule has 1 aliphatic carbocycles. The highest BCUT2D eigenvalue weighted by atomic mass is 16.3. The van der Waals surface area contributed by atoms with E-state index in [1.165, 1.54) is 18.6 Å². The lowest BCUT2D eigenvalue weighted by molar-refractivity contribution is 0.377. The first kappa shape index (κ1) is 16.9. The van der Waals surface area contributed by atoms with E-state index in [9.17, 15) is 15.0 Å². The van der Waals surface area contributed by atoms with Gasteiger partial charge in [0.2, 0.25) is 0 Å². The van der Waals surface area contributed by atoms with Gasteiger partial charge in [-0.3, -0.25) is 4.79 Å². The molecule has 24 heavy (non-hydrogen) atoms. The molecule has 2 N–H and O–H groups in total. The Labute approximate surface area is 142 Å². The van der Waals surface area contributed by atoms with E-state index in [1.807, 2.05) is 0 Å². The minimum Gasteiger partial charge on any atom is -0.507 e. The van der Waals surface area contributed by atoms with Gasteiger partial charge in [0, 0.05) is 23.6 Å².